The number of hydrogen-bond acceptors (Lipinski definition) is 8. The van der Waals surface area contributed by atoms with Gasteiger partial charge in [-0.15, -0.1) is 0 Å². The highest BCUT2D eigenvalue weighted by molar-refractivity contribution is 6.01. The molecule has 9 heteroatoms. The Balaban J connectivity index is 1.44. The molecule has 33 heavy (non-hydrogen) atoms. The van der Waals surface area contributed by atoms with E-state index in [0.29, 0.717) is 18.4 Å². The zero-order valence-electron chi connectivity index (χ0n) is 19.5. The van der Waals surface area contributed by atoms with Gasteiger partial charge in [-0.25, -0.2) is 19.9 Å². The number of aromatic nitrogens is 5. The van der Waals surface area contributed by atoms with Crippen molar-refractivity contribution in [2.75, 3.05) is 49.5 Å². The van der Waals surface area contributed by atoms with Crippen LogP contribution < -0.4 is 15.0 Å². The number of aryl methyl sites for hydroxylation is 1. The zero-order chi connectivity index (χ0) is 22.8. The standard InChI is InChI=1S/C24H30N8O/c1-4-30-9-11-32(12-10-30)19-15-25-21(13-20(19)33-6-3)28-24-26-14-17-7-8-18-23(22(17)29-24)31(5-2)16-27-18/h7-8,13-16H,4-6,9-12H2,1-3H3,(H,25,26,28,29). The average molecular weight is 447 g/mol. The molecule has 0 atom stereocenters. The number of benzene rings is 1. The van der Waals surface area contributed by atoms with E-state index in [1.807, 2.05) is 43.8 Å². The monoisotopic (exact) mass is 446 g/mol. The van der Waals surface area contributed by atoms with Crippen molar-refractivity contribution in [1.29, 1.82) is 0 Å². The Kier molecular flexibility index (Phi) is 5.95. The first kappa shape index (κ1) is 21.4. The lowest BCUT2D eigenvalue weighted by Gasteiger charge is -2.36. The van der Waals surface area contributed by atoms with Gasteiger partial charge in [0.25, 0.3) is 0 Å². The molecule has 1 aromatic carbocycles. The van der Waals surface area contributed by atoms with Gasteiger partial charge in [0.2, 0.25) is 5.95 Å². The molecule has 5 rings (SSSR count). The summed E-state index contributed by atoms with van der Waals surface area (Å²) < 4.78 is 8.09. The number of fused-ring (bicyclic) bond motifs is 3. The normalized spacial score (nSPS) is 14.8. The van der Waals surface area contributed by atoms with E-state index in [2.05, 4.69) is 48.5 Å². The first-order valence-electron chi connectivity index (χ1n) is 11.7. The van der Waals surface area contributed by atoms with Crippen molar-refractivity contribution >= 4 is 39.4 Å². The molecule has 3 aromatic heterocycles. The Morgan fingerprint density at radius 1 is 0.970 bits per heavy atom. The van der Waals surface area contributed by atoms with Crippen molar-refractivity contribution in [2.24, 2.45) is 0 Å². The maximum Gasteiger partial charge on any atom is 0.228 e. The summed E-state index contributed by atoms with van der Waals surface area (Å²) in [6, 6.07) is 5.96. The van der Waals surface area contributed by atoms with Crippen molar-refractivity contribution < 1.29 is 4.74 Å². The van der Waals surface area contributed by atoms with Gasteiger partial charge >= 0.3 is 0 Å². The van der Waals surface area contributed by atoms with Crippen LogP contribution in [0.3, 0.4) is 0 Å². The van der Waals surface area contributed by atoms with Crippen LogP contribution in [-0.4, -0.2) is 68.7 Å². The van der Waals surface area contributed by atoms with Gasteiger partial charge in [0, 0.05) is 50.4 Å². The number of anilines is 3. The molecule has 9 nitrogen and oxygen atoms in total. The summed E-state index contributed by atoms with van der Waals surface area (Å²) in [5, 5.41) is 4.25. The number of ether oxygens (including phenoxy) is 1. The van der Waals surface area contributed by atoms with Gasteiger partial charge in [0.15, 0.2) is 0 Å². The molecule has 1 saturated heterocycles. The molecule has 0 saturated carbocycles. The van der Waals surface area contributed by atoms with Crippen molar-refractivity contribution in [2.45, 2.75) is 27.3 Å². The summed E-state index contributed by atoms with van der Waals surface area (Å²) in [7, 11) is 0. The van der Waals surface area contributed by atoms with Gasteiger partial charge < -0.3 is 24.4 Å². The fourth-order valence-electron chi connectivity index (χ4n) is 4.37. The lowest BCUT2D eigenvalue weighted by Crippen LogP contribution is -2.46. The highest BCUT2D eigenvalue weighted by atomic mass is 16.5. The Labute approximate surface area is 193 Å². The molecule has 1 aliphatic heterocycles. The number of piperazine rings is 1. The molecule has 0 spiro atoms. The van der Waals surface area contributed by atoms with E-state index < -0.39 is 0 Å². The third-order valence-electron chi connectivity index (χ3n) is 6.21. The van der Waals surface area contributed by atoms with Crippen LogP contribution >= 0.6 is 0 Å². The molecule has 4 heterocycles. The number of likely N-dealkylation sites (N-methyl/N-ethyl adjacent to an activating group) is 1. The van der Waals surface area contributed by atoms with Gasteiger partial charge in [-0.1, -0.05) is 6.92 Å². The van der Waals surface area contributed by atoms with Crippen molar-refractivity contribution in [3.05, 3.63) is 36.9 Å². The van der Waals surface area contributed by atoms with Crippen molar-refractivity contribution in [3.63, 3.8) is 0 Å². The summed E-state index contributed by atoms with van der Waals surface area (Å²) in [5.74, 6) is 1.98. The van der Waals surface area contributed by atoms with E-state index in [1.54, 1.807) is 0 Å². The lowest BCUT2D eigenvalue weighted by atomic mass is 10.2. The quantitative estimate of drug-likeness (QED) is 0.460. The first-order chi connectivity index (χ1) is 16.2. The second-order valence-corrected chi connectivity index (χ2v) is 8.11. The molecule has 0 unspecified atom stereocenters. The maximum absolute atomic E-state index is 5.98. The molecule has 1 N–H and O–H groups in total. The third kappa shape index (κ3) is 4.16. The van der Waals surface area contributed by atoms with E-state index in [4.69, 9.17) is 9.72 Å². The topological polar surface area (TPSA) is 84.2 Å². The minimum Gasteiger partial charge on any atom is -0.492 e. The number of rotatable bonds is 7. The predicted molar refractivity (Wildman–Crippen MR) is 132 cm³/mol. The van der Waals surface area contributed by atoms with E-state index in [-0.39, 0.29) is 0 Å². The van der Waals surface area contributed by atoms with Gasteiger partial charge in [-0.3, -0.25) is 0 Å². The Bertz CT molecular complexity index is 1260. The fraction of sp³-hybridized carbons (Fsp3) is 0.417. The van der Waals surface area contributed by atoms with E-state index in [1.165, 1.54) is 0 Å². The van der Waals surface area contributed by atoms with Crippen molar-refractivity contribution in [1.82, 2.24) is 29.4 Å². The number of nitrogens with one attached hydrogen (secondary N) is 1. The predicted octanol–water partition coefficient (Wildman–Crippen LogP) is 3.68. The van der Waals surface area contributed by atoms with Crippen LogP contribution in [0.15, 0.2) is 36.9 Å². The SMILES string of the molecule is CCOc1cc(Nc2ncc3ccc4ncn(CC)c4c3n2)ncc1N1CCN(CC)CC1. The van der Waals surface area contributed by atoms with Crippen LogP contribution in [0, 0.1) is 0 Å². The van der Waals surface area contributed by atoms with Crippen LogP contribution in [0.4, 0.5) is 17.5 Å². The molecule has 172 valence electrons. The summed E-state index contributed by atoms with van der Waals surface area (Å²) in [6.07, 6.45) is 5.58. The summed E-state index contributed by atoms with van der Waals surface area (Å²) in [6.45, 7) is 12.9. The number of nitrogens with zero attached hydrogens (tertiary/aromatic N) is 7. The first-order valence-corrected chi connectivity index (χ1v) is 11.7. The minimum atomic E-state index is 0.498. The minimum absolute atomic E-state index is 0.498. The Morgan fingerprint density at radius 3 is 2.58 bits per heavy atom. The van der Waals surface area contributed by atoms with Crippen LogP contribution in [0.25, 0.3) is 21.9 Å². The second-order valence-electron chi connectivity index (χ2n) is 8.11. The maximum atomic E-state index is 5.98. The number of pyridine rings is 1. The molecular weight excluding hydrogens is 416 g/mol. The fourth-order valence-corrected chi connectivity index (χ4v) is 4.37. The van der Waals surface area contributed by atoms with Gasteiger partial charge in [0.05, 0.1) is 35.9 Å². The van der Waals surface area contributed by atoms with Crippen molar-refractivity contribution in [3.8, 4) is 5.75 Å². The summed E-state index contributed by atoms with van der Waals surface area (Å²) >= 11 is 0. The summed E-state index contributed by atoms with van der Waals surface area (Å²) in [5.41, 5.74) is 3.86. The van der Waals surface area contributed by atoms with Crippen LogP contribution in [-0.2, 0) is 6.54 Å². The van der Waals surface area contributed by atoms with E-state index in [9.17, 15) is 0 Å². The zero-order valence-corrected chi connectivity index (χ0v) is 19.5. The average Bonchev–Trinajstić information content (AvgIpc) is 3.28. The number of hydrogen-bond donors (Lipinski definition) is 1. The van der Waals surface area contributed by atoms with Gasteiger partial charge in [-0.05, 0) is 32.5 Å². The molecule has 1 aliphatic rings. The molecule has 0 amide bonds. The van der Waals surface area contributed by atoms with E-state index >= 15 is 0 Å². The molecule has 0 radical (unpaired) electrons. The molecular formula is C24H30N8O. The van der Waals surface area contributed by atoms with Crippen LogP contribution in [0.5, 0.6) is 5.75 Å². The summed E-state index contributed by atoms with van der Waals surface area (Å²) in [4.78, 5) is 23.3. The smallest absolute Gasteiger partial charge is 0.228 e. The lowest BCUT2D eigenvalue weighted by molar-refractivity contribution is 0.269. The Morgan fingerprint density at radius 2 is 1.82 bits per heavy atom. The second kappa shape index (κ2) is 9.19. The largest absolute Gasteiger partial charge is 0.492 e. The molecule has 0 aliphatic carbocycles. The third-order valence-corrected chi connectivity index (χ3v) is 6.21. The number of imidazole rings is 1. The molecule has 4 aromatic rings. The van der Waals surface area contributed by atoms with Gasteiger partial charge in [-0.2, -0.15) is 0 Å². The van der Waals surface area contributed by atoms with Gasteiger partial charge in [0.1, 0.15) is 17.1 Å². The Hall–Kier alpha value is -3.46. The molecule has 1 fully saturated rings. The van der Waals surface area contributed by atoms with Crippen LogP contribution in [0.1, 0.15) is 20.8 Å². The molecule has 0 bridgehead atoms. The highest BCUT2D eigenvalue weighted by Gasteiger charge is 2.20. The van der Waals surface area contributed by atoms with E-state index in [0.717, 1.165) is 72.6 Å². The van der Waals surface area contributed by atoms with Crippen LogP contribution in [0.2, 0.25) is 0 Å². The highest BCUT2D eigenvalue weighted by Crippen LogP contribution is 2.32.